The number of ether oxygens (including phenoxy) is 2. The van der Waals surface area contributed by atoms with Crippen LogP contribution >= 0.6 is 0 Å². The van der Waals surface area contributed by atoms with E-state index in [1.165, 1.54) is 50.4 Å². The van der Waals surface area contributed by atoms with E-state index in [4.69, 9.17) is 9.47 Å². The maximum absolute atomic E-state index is 6.84. The summed E-state index contributed by atoms with van der Waals surface area (Å²) in [4.78, 5) is 2.62. The van der Waals surface area contributed by atoms with Gasteiger partial charge in [-0.2, -0.15) is 0 Å². The summed E-state index contributed by atoms with van der Waals surface area (Å²) < 4.78 is 16.3. The number of amidine groups is 1. The summed E-state index contributed by atoms with van der Waals surface area (Å²) in [7, 11) is 0. The van der Waals surface area contributed by atoms with Crippen molar-refractivity contribution in [1.29, 1.82) is 0 Å². The van der Waals surface area contributed by atoms with Gasteiger partial charge in [0.15, 0.2) is 0 Å². The summed E-state index contributed by atoms with van der Waals surface area (Å²) in [5, 5.41) is 0. The van der Waals surface area contributed by atoms with Gasteiger partial charge in [0, 0.05) is 27.7 Å². The summed E-state index contributed by atoms with van der Waals surface area (Å²) in [5.41, 5.74) is 12.8. The third kappa shape index (κ3) is 5.16. The molecule has 3 heterocycles. The van der Waals surface area contributed by atoms with Crippen molar-refractivity contribution in [3.8, 4) is 23.0 Å². The molecule has 50 heavy (non-hydrogen) atoms. The van der Waals surface area contributed by atoms with Crippen LogP contribution in [0.3, 0.4) is 0 Å². The Balaban J connectivity index is 1.44. The number of fused-ring (bicyclic) bond motifs is 4. The minimum Gasteiger partial charge on any atom is -0.458 e. The minimum atomic E-state index is 0.0492. The highest BCUT2D eigenvalue weighted by Crippen LogP contribution is 2.43. The van der Waals surface area contributed by atoms with Gasteiger partial charge in [0.25, 0.3) is 12.5 Å². The van der Waals surface area contributed by atoms with Crippen molar-refractivity contribution < 1.29 is 14.0 Å². The second-order valence-electron chi connectivity index (χ2n) is 15.4. The molecule has 0 radical (unpaired) electrons. The van der Waals surface area contributed by atoms with Crippen LogP contribution in [0.4, 0.5) is 11.4 Å². The lowest BCUT2D eigenvalue weighted by Crippen LogP contribution is -2.57. The third-order valence-electron chi connectivity index (χ3n) is 10.8. The van der Waals surface area contributed by atoms with Gasteiger partial charge in [0.1, 0.15) is 47.5 Å². The summed E-state index contributed by atoms with van der Waals surface area (Å²) >= 11 is 0. The smallest absolute Gasteiger partial charge is 0.290 e. The number of anilines is 1. The molecule has 0 saturated carbocycles. The summed E-state index contributed by atoms with van der Waals surface area (Å²) in [6, 6.07) is 35.3. The van der Waals surface area contributed by atoms with E-state index in [0.29, 0.717) is 23.7 Å². The van der Waals surface area contributed by atoms with E-state index in [1.54, 1.807) is 0 Å². The molecule has 3 aliphatic rings. The Kier molecular flexibility index (Phi) is 8.13. The fourth-order valence-corrected chi connectivity index (χ4v) is 8.47. The van der Waals surface area contributed by atoms with Gasteiger partial charge in [-0.05, 0) is 58.9 Å². The van der Waals surface area contributed by atoms with Crippen molar-refractivity contribution in [2.24, 2.45) is 0 Å². The highest BCUT2D eigenvalue weighted by atomic mass is 16.5. The predicted molar refractivity (Wildman–Crippen MR) is 210 cm³/mol. The van der Waals surface area contributed by atoms with Gasteiger partial charge < -0.3 is 9.47 Å². The Bertz CT molecular complexity index is 2040. The van der Waals surface area contributed by atoms with E-state index < -0.39 is 0 Å². The molecule has 8 rings (SSSR count). The zero-order chi connectivity index (χ0) is 34.8. The molecular weight excluding hydrogens is 611 g/mol. The van der Waals surface area contributed by atoms with Gasteiger partial charge >= 0.3 is 0 Å². The Morgan fingerprint density at radius 1 is 0.560 bits per heavy atom. The van der Waals surface area contributed by atoms with Gasteiger partial charge in [-0.1, -0.05) is 128 Å². The second-order valence-corrected chi connectivity index (χ2v) is 15.4. The van der Waals surface area contributed by atoms with Crippen LogP contribution in [0.2, 0.25) is 0 Å². The maximum atomic E-state index is 6.84. The number of nitrogens with zero attached hydrogens (tertiary/aromatic N) is 2. The van der Waals surface area contributed by atoms with E-state index in [1.807, 2.05) is 0 Å². The molecule has 5 aromatic rings. The molecule has 252 valence electrons. The molecule has 0 saturated heterocycles. The van der Waals surface area contributed by atoms with Crippen LogP contribution in [0, 0.1) is 0 Å². The highest BCUT2D eigenvalue weighted by molar-refractivity contribution is 6.98. The third-order valence-corrected chi connectivity index (χ3v) is 10.8. The van der Waals surface area contributed by atoms with E-state index in [-0.39, 0.29) is 6.71 Å². The quantitative estimate of drug-likeness (QED) is 0.126. The molecule has 0 aromatic heterocycles. The Labute approximate surface area is 298 Å². The molecule has 4 nitrogen and oxygen atoms in total. The molecule has 0 spiro atoms. The topological polar surface area (TPSA) is 24.7 Å². The minimum absolute atomic E-state index is 0.0492. The number of hydrogen-bond donors (Lipinski definition) is 0. The fourth-order valence-electron chi connectivity index (χ4n) is 8.47. The highest BCUT2D eigenvalue weighted by Gasteiger charge is 2.44. The Morgan fingerprint density at radius 3 is 1.50 bits per heavy atom. The first kappa shape index (κ1) is 32.4. The van der Waals surface area contributed by atoms with Crippen molar-refractivity contribution in [3.63, 3.8) is 0 Å². The zero-order valence-corrected chi connectivity index (χ0v) is 30.7. The van der Waals surface area contributed by atoms with Crippen molar-refractivity contribution in [1.82, 2.24) is 0 Å². The first-order chi connectivity index (χ1) is 24.1. The van der Waals surface area contributed by atoms with Crippen LogP contribution in [0.5, 0.6) is 23.0 Å². The SMILES string of the molecule is CC(C)c1cccc(C(C)C)c1N1CC[N+](c2c(C(C)C)cccc2C(C)C)=C1c1cc2c3c(c1)Oc1ccccc1B3c1ccccc1O2. The van der Waals surface area contributed by atoms with Crippen molar-refractivity contribution in [3.05, 3.63) is 125 Å². The van der Waals surface area contributed by atoms with Gasteiger partial charge in [0.05, 0.1) is 5.56 Å². The summed E-state index contributed by atoms with van der Waals surface area (Å²) in [6.07, 6.45) is 0. The number of benzene rings is 5. The van der Waals surface area contributed by atoms with E-state index in [0.717, 1.165) is 47.1 Å². The molecule has 0 N–H and O–H groups in total. The Morgan fingerprint density at radius 2 is 1.02 bits per heavy atom. The van der Waals surface area contributed by atoms with E-state index in [9.17, 15) is 0 Å². The molecule has 5 heteroatoms. The van der Waals surface area contributed by atoms with Crippen LogP contribution in [0.1, 0.15) is 107 Å². The van der Waals surface area contributed by atoms with Gasteiger partial charge in [0.2, 0.25) is 0 Å². The molecule has 0 unspecified atom stereocenters. The van der Waals surface area contributed by atoms with Gasteiger partial charge in [-0.15, -0.1) is 0 Å². The predicted octanol–water partition coefficient (Wildman–Crippen LogP) is 9.52. The van der Waals surface area contributed by atoms with E-state index in [2.05, 4.69) is 162 Å². The van der Waals surface area contributed by atoms with Crippen LogP contribution in [0.25, 0.3) is 0 Å². The van der Waals surface area contributed by atoms with Crippen LogP contribution in [0.15, 0.2) is 97.1 Å². The zero-order valence-electron chi connectivity index (χ0n) is 30.7. The monoisotopic (exact) mass is 659 g/mol. The standard InChI is InChI=1S/C45H48BN2O2/c1-27(2)32-15-13-16-33(28(3)4)43(32)47-23-24-48(44-34(29(5)6)17-14-18-35(44)30(7)8)45(47)31-25-40-42-41(26-31)50-39-22-12-10-20-37(39)46(42)36-19-9-11-21-38(36)49-40/h9-22,25-30H,23-24H2,1-8H3/q+1. The summed E-state index contributed by atoms with van der Waals surface area (Å²) in [6.45, 7) is 20.4. The molecule has 3 aliphatic heterocycles. The molecule has 0 atom stereocenters. The lowest BCUT2D eigenvalue weighted by molar-refractivity contribution is -0.429. The van der Waals surface area contributed by atoms with Crippen LogP contribution < -0.4 is 30.8 Å². The van der Waals surface area contributed by atoms with Crippen LogP contribution in [-0.4, -0.2) is 30.2 Å². The van der Waals surface area contributed by atoms with Crippen molar-refractivity contribution in [2.75, 3.05) is 18.0 Å². The number of rotatable bonds is 7. The van der Waals surface area contributed by atoms with Crippen molar-refractivity contribution in [2.45, 2.75) is 79.1 Å². The molecule has 5 aromatic carbocycles. The van der Waals surface area contributed by atoms with Crippen LogP contribution in [-0.2, 0) is 0 Å². The maximum Gasteiger partial charge on any atom is 0.290 e. The van der Waals surface area contributed by atoms with Gasteiger partial charge in [-0.25, -0.2) is 9.48 Å². The molecule has 0 bridgehead atoms. The fraction of sp³-hybridized carbons (Fsp3) is 0.311. The molecule has 0 aliphatic carbocycles. The normalized spacial score (nSPS) is 14.7. The van der Waals surface area contributed by atoms with Crippen molar-refractivity contribution >= 4 is 40.3 Å². The molecular formula is C45H48BN2O2+. The number of hydrogen-bond acceptors (Lipinski definition) is 3. The molecule has 0 fully saturated rings. The lowest BCUT2D eigenvalue weighted by atomic mass is 9.35. The summed E-state index contributed by atoms with van der Waals surface area (Å²) in [5.74, 6) is 6.25. The molecule has 0 amide bonds. The second kappa shape index (κ2) is 12.5. The largest absolute Gasteiger partial charge is 0.458 e. The number of para-hydroxylation sites is 4. The lowest BCUT2D eigenvalue weighted by Gasteiger charge is -2.33. The van der Waals surface area contributed by atoms with E-state index >= 15 is 0 Å². The first-order valence-electron chi connectivity index (χ1n) is 18.5. The first-order valence-corrected chi connectivity index (χ1v) is 18.5. The average molecular weight is 660 g/mol. The Hall–Kier alpha value is -4.77. The average Bonchev–Trinajstić information content (AvgIpc) is 3.55. The van der Waals surface area contributed by atoms with Gasteiger partial charge in [-0.3, -0.25) is 0 Å².